The van der Waals surface area contributed by atoms with Gasteiger partial charge >= 0.3 is 0 Å². The molecule has 2 rings (SSSR count). The summed E-state index contributed by atoms with van der Waals surface area (Å²) in [5.41, 5.74) is 3.67. The smallest absolute Gasteiger partial charge is 0.137 e. The van der Waals surface area contributed by atoms with Crippen LogP contribution in [-0.4, -0.2) is 7.11 Å². The minimum Gasteiger partial charge on any atom is -0.496 e. The van der Waals surface area contributed by atoms with E-state index in [4.69, 9.17) is 16.3 Å². The van der Waals surface area contributed by atoms with Crippen LogP contribution >= 0.6 is 27.5 Å². The van der Waals surface area contributed by atoms with Crippen LogP contribution in [-0.2, 0) is 0 Å². The van der Waals surface area contributed by atoms with Gasteiger partial charge < -0.3 is 4.74 Å². The molecule has 0 aliphatic carbocycles. The number of hydrogen-bond donors (Lipinski definition) is 0. The van der Waals surface area contributed by atoms with Gasteiger partial charge in [-0.3, -0.25) is 0 Å². The Morgan fingerprint density at radius 2 is 1.80 bits per heavy atom. The second-order valence-corrected chi connectivity index (χ2v) is 5.92. The van der Waals surface area contributed by atoms with Crippen molar-refractivity contribution in [3.63, 3.8) is 0 Å². The van der Waals surface area contributed by atoms with E-state index in [0.29, 0.717) is 4.47 Å². The van der Waals surface area contributed by atoms with Gasteiger partial charge in [0.15, 0.2) is 0 Å². The molecule has 1 atom stereocenters. The van der Waals surface area contributed by atoms with Gasteiger partial charge in [0, 0.05) is 0 Å². The summed E-state index contributed by atoms with van der Waals surface area (Å²) in [5.74, 6) is 0.547. The zero-order chi connectivity index (χ0) is 14.9. The molecule has 0 radical (unpaired) electrons. The third-order valence-corrected chi connectivity index (χ3v) is 4.56. The van der Waals surface area contributed by atoms with Crippen LogP contribution < -0.4 is 4.74 Å². The van der Waals surface area contributed by atoms with Crippen molar-refractivity contribution in [2.75, 3.05) is 7.11 Å². The number of rotatable bonds is 3. The lowest BCUT2D eigenvalue weighted by molar-refractivity contribution is 0.408. The van der Waals surface area contributed by atoms with Gasteiger partial charge in [0.2, 0.25) is 0 Å². The fourth-order valence-corrected chi connectivity index (χ4v) is 3.28. The Morgan fingerprint density at radius 1 is 1.20 bits per heavy atom. The Bertz CT molecular complexity index is 619. The van der Waals surface area contributed by atoms with Crippen molar-refractivity contribution in [1.29, 1.82) is 0 Å². The van der Waals surface area contributed by atoms with E-state index in [0.717, 1.165) is 28.0 Å². The van der Waals surface area contributed by atoms with Gasteiger partial charge in [-0.2, -0.15) is 0 Å². The molecule has 1 nitrogen and oxygen atoms in total. The van der Waals surface area contributed by atoms with Crippen molar-refractivity contribution < 1.29 is 9.13 Å². The third-order valence-electron chi connectivity index (χ3n) is 3.23. The number of methoxy groups -OCH3 is 1. The van der Waals surface area contributed by atoms with E-state index in [1.165, 1.54) is 6.07 Å². The molecule has 0 aliphatic rings. The first-order chi connectivity index (χ1) is 9.45. The van der Waals surface area contributed by atoms with Gasteiger partial charge in [0.1, 0.15) is 11.6 Å². The molecule has 20 heavy (non-hydrogen) atoms. The lowest BCUT2D eigenvalue weighted by Crippen LogP contribution is -1.99. The van der Waals surface area contributed by atoms with Gasteiger partial charge in [-0.25, -0.2) is 4.39 Å². The van der Waals surface area contributed by atoms with Crippen LogP contribution in [0.1, 0.15) is 27.6 Å². The maximum Gasteiger partial charge on any atom is 0.137 e. The molecule has 0 N–H and O–H groups in total. The van der Waals surface area contributed by atoms with E-state index in [1.807, 2.05) is 32.0 Å². The van der Waals surface area contributed by atoms with Crippen molar-refractivity contribution >= 4 is 27.5 Å². The normalized spacial score (nSPS) is 12.3. The summed E-state index contributed by atoms with van der Waals surface area (Å²) in [6.07, 6.45) is 0. The van der Waals surface area contributed by atoms with E-state index >= 15 is 0 Å². The van der Waals surface area contributed by atoms with Crippen molar-refractivity contribution in [1.82, 2.24) is 0 Å². The lowest BCUT2D eigenvalue weighted by Gasteiger charge is -2.16. The van der Waals surface area contributed by atoms with Gasteiger partial charge in [0.25, 0.3) is 0 Å². The predicted molar refractivity (Wildman–Crippen MR) is 84.3 cm³/mol. The molecule has 0 saturated heterocycles. The number of hydrogen-bond acceptors (Lipinski definition) is 1. The Kier molecular flexibility index (Phi) is 4.71. The molecule has 0 aromatic heterocycles. The maximum atomic E-state index is 13.6. The Morgan fingerprint density at radius 3 is 2.35 bits per heavy atom. The minimum absolute atomic E-state index is 0.310. The fraction of sp³-hybridized carbons (Fsp3) is 0.250. The standard InChI is InChI=1S/C16H15BrClFO/c1-9-7-11(8-10(2)16(9)20-3)15(18)12-5-4-6-13(19)14(12)17/h4-8,15H,1-3H3. The second kappa shape index (κ2) is 6.15. The van der Waals surface area contributed by atoms with Crippen LogP contribution in [0.5, 0.6) is 5.75 Å². The SMILES string of the molecule is COc1c(C)cc(C(Cl)c2cccc(F)c2Br)cc1C. The number of halogens is 3. The molecule has 1 unspecified atom stereocenters. The Labute approximate surface area is 131 Å². The first-order valence-corrected chi connectivity index (χ1v) is 7.41. The van der Waals surface area contributed by atoms with Gasteiger partial charge in [-0.05, 0) is 58.1 Å². The average molecular weight is 358 g/mol. The molecular formula is C16H15BrClFO. The summed E-state index contributed by atoms with van der Waals surface area (Å²) in [6, 6.07) is 8.83. The molecular weight excluding hydrogens is 343 g/mol. The zero-order valence-corrected chi connectivity index (χ0v) is 13.8. The van der Waals surface area contributed by atoms with Crippen molar-refractivity contribution in [3.05, 3.63) is 62.9 Å². The summed E-state index contributed by atoms with van der Waals surface area (Å²) >= 11 is 9.77. The summed E-state index contributed by atoms with van der Waals surface area (Å²) < 4.78 is 19.4. The molecule has 2 aromatic rings. The fourth-order valence-electron chi connectivity index (χ4n) is 2.35. The maximum absolute atomic E-state index is 13.6. The van der Waals surface area contributed by atoms with Crippen LogP contribution in [0.2, 0.25) is 0 Å². The molecule has 0 fully saturated rings. The molecule has 0 aliphatic heterocycles. The molecule has 106 valence electrons. The highest BCUT2D eigenvalue weighted by atomic mass is 79.9. The topological polar surface area (TPSA) is 9.23 Å². The minimum atomic E-state index is -0.414. The van der Waals surface area contributed by atoms with Gasteiger partial charge in [-0.15, -0.1) is 11.6 Å². The number of alkyl halides is 1. The highest BCUT2D eigenvalue weighted by Crippen LogP contribution is 2.37. The zero-order valence-electron chi connectivity index (χ0n) is 11.5. The molecule has 0 amide bonds. The van der Waals surface area contributed by atoms with E-state index < -0.39 is 5.38 Å². The summed E-state index contributed by atoms with van der Waals surface area (Å²) in [6.45, 7) is 3.94. The Balaban J connectivity index is 2.49. The average Bonchev–Trinajstić information content (AvgIpc) is 2.41. The summed E-state index contributed by atoms with van der Waals surface area (Å²) in [4.78, 5) is 0. The van der Waals surface area contributed by atoms with Crippen LogP contribution in [0.25, 0.3) is 0 Å². The number of ether oxygens (including phenoxy) is 1. The monoisotopic (exact) mass is 356 g/mol. The summed E-state index contributed by atoms with van der Waals surface area (Å²) in [7, 11) is 1.65. The highest BCUT2D eigenvalue weighted by molar-refractivity contribution is 9.10. The molecule has 4 heteroatoms. The van der Waals surface area contributed by atoms with E-state index in [-0.39, 0.29) is 5.82 Å². The molecule has 0 heterocycles. The quantitative estimate of drug-likeness (QED) is 0.655. The third kappa shape index (κ3) is 2.84. The summed E-state index contributed by atoms with van der Waals surface area (Å²) in [5, 5.41) is -0.414. The Hall–Kier alpha value is -1.06. The largest absolute Gasteiger partial charge is 0.496 e. The number of aryl methyl sites for hydroxylation is 2. The van der Waals surface area contributed by atoms with Gasteiger partial charge in [-0.1, -0.05) is 24.3 Å². The van der Waals surface area contributed by atoms with Crippen LogP contribution in [0.3, 0.4) is 0 Å². The molecule has 0 spiro atoms. The second-order valence-electron chi connectivity index (χ2n) is 4.69. The van der Waals surface area contributed by atoms with Crippen molar-refractivity contribution in [2.24, 2.45) is 0 Å². The van der Waals surface area contributed by atoms with Crippen LogP contribution in [0.15, 0.2) is 34.8 Å². The van der Waals surface area contributed by atoms with Crippen LogP contribution in [0.4, 0.5) is 4.39 Å². The molecule has 0 saturated carbocycles. The van der Waals surface area contributed by atoms with E-state index in [2.05, 4.69) is 15.9 Å². The van der Waals surface area contributed by atoms with E-state index in [1.54, 1.807) is 13.2 Å². The molecule has 2 aromatic carbocycles. The van der Waals surface area contributed by atoms with Crippen molar-refractivity contribution in [3.8, 4) is 5.75 Å². The number of benzene rings is 2. The first-order valence-electron chi connectivity index (χ1n) is 6.18. The van der Waals surface area contributed by atoms with E-state index in [9.17, 15) is 4.39 Å². The van der Waals surface area contributed by atoms with Crippen molar-refractivity contribution in [2.45, 2.75) is 19.2 Å². The molecule has 0 bridgehead atoms. The predicted octanol–water partition coefficient (Wildman–Crippen LogP) is 5.54. The van der Waals surface area contributed by atoms with Crippen LogP contribution in [0, 0.1) is 19.7 Å². The highest BCUT2D eigenvalue weighted by Gasteiger charge is 2.18. The lowest BCUT2D eigenvalue weighted by atomic mass is 9.99. The first kappa shape index (κ1) is 15.3. The van der Waals surface area contributed by atoms with Gasteiger partial charge in [0.05, 0.1) is 17.0 Å².